The summed E-state index contributed by atoms with van der Waals surface area (Å²) >= 11 is 0. The zero-order chi connectivity index (χ0) is 14.4. The van der Waals surface area contributed by atoms with E-state index < -0.39 is 0 Å². The van der Waals surface area contributed by atoms with Crippen molar-refractivity contribution in [2.24, 2.45) is 5.41 Å². The Hall–Kier alpha value is -1.77. The van der Waals surface area contributed by atoms with Crippen LogP contribution >= 0.6 is 0 Å². The lowest BCUT2D eigenvalue weighted by atomic mass is 9.82. The Morgan fingerprint density at radius 1 is 1.10 bits per heavy atom. The molecule has 1 aliphatic carbocycles. The van der Waals surface area contributed by atoms with Crippen molar-refractivity contribution >= 4 is 10.8 Å². The van der Waals surface area contributed by atoms with Gasteiger partial charge in [0.25, 0.3) is 0 Å². The molecule has 1 aliphatic heterocycles. The Balaban J connectivity index is 1.83. The van der Waals surface area contributed by atoms with Gasteiger partial charge in [-0.2, -0.15) is 0 Å². The van der Waals surface area contributed by atoms with Crippen LogP contribution < -0.4 is 9.47 Å². The van der Waals surface area contributed by atoms with Crippen molar-refractivity contribution in [3.63, 3.8) is 0 Å². The Kier molecular flexibility index (Phi) is 2.84. The van der Waals surface area contributed by atoms with E-state index in [2.05, 4.69) is 32.0 Å². The Morgan fingerprint density at radius 3 is 2.57 bits per heavy atom. The highest BCUT2D eigenvalue weighted by molar-refractivity contribution is 5.88. The highest BCUT2D eigenvalue weighted by Crippen LogP contribution is 2.43. The minimum Gasteiger partial charge on any atom is -0.454 e. The predicted octanol–water partition coefficient (Wildman–Crippen LogP) is 4.39. The summed E-state index contributed by atoms with van der Waals surface area (Å²) in [7, 11) is 0. The fraction of sp³-hybridized carbons (Fsp3) is 0.500. The molecule has 0 unspecified atom stereocenters. The molecule has 0 N–H and O–H groups in total. The molecule has 4 rings (SSSR count). The summed E-state index contributed by atoms with van der Waals surface area (Å²) in [6, 6.07) is 6.34. The van der Waals surface area contributed by atoms with Crippen LogP contribution in [0.5, 0.6) is 11.5 Å². The second kappa shape index (κ2) is 4.62. The van der Waals surface area contributed by atoms with Crippen molar-refractivity contribution in [3.8, 4) is 11.5 Å². The molecule has 3 nitrogen and oxygen atoms in total. The van der Waals surface area contributed by atoms with Gasteiger partial charge in [0.2, 0.25) is 6.79 Å². The summed E-state index contributed by atoms with van der Waals surface area (Å²) < 4.78 is 11.0. The average Bonchev–Trinajstić information content (AvgIpc) is 3.05. The number of aromatic nitrogens is 1. The molecule has 2 aromatic rings. The van der Waals surface area contributed by atoms with Crippen LogP contribution in [-0.4, -0.2) is 11.8 Å². The molecule has 0 radical (unpaired) electrons. The van der Waals surface area contributed by atoms with Crippen LogP contribution in [0.1, 0.15) is 44.0 Å². The zero-order valence-electron chi connectivity index (χ0n) is 12.7. The van der Waals surface area contributed by atoms with E-state index >= 15 is 0 Å². The Bertz CT molecular complexity index is 702. The minimum atomic E-state index is 0.325. The number of ether oxygens (including phenoxy) is 2. The Morgan fingerprint density at radius 2 is 1.81 bits per heavy atom. The van der Waals surface area contributed by atoms with E-state index in [4.69, 9.17) is 14.5 Å². The second-order valence-electron chi connectivity index (χ2n) is 6.83. The topological polar surface area (TPSA) is 31.4 Å². The lowest BCUT2D eigenvalue weighted by molar-refractivity contribution is 0.174. The smallest absolute Gasteiger partial charge is 0.231 e. The number of rotatable bonds is 2. The van der Waals surface area contributed by atoms with E-state index in [0.717, 1.165) is 23.6 Å². The largest absolute Gasteiger partial charge is 0.454 e. The lowest BCUT2D eigenvalue weighted by Gasteiger charge is -2.24. The maximum Gasteiger partial charge on any atom is 0.231 e. The molecule has 110 valence electrons. The third-order valence-electron chi connectivity index (χ3n) is 4.94. The van der Waals surface area contributed by atoms with Crippen molar-refractivity contribution in [1.29, 1.82) is 0 Å². The summed E-state index contributed by atoms with van der Waals surface area (Å²) in [5.74, 6) is 1.71. The van der Waals surface area contributed by atoms with Crippen molar-refractivity contribution in [3.05, 3.63) is 29.6 Å². The fourth-order valence-corrected chi connectivity index (χ4v) is 3.80. The number of pyridine rings is 1. The van der Waals surface area contributed by atoms with Crippen LogP contribution in [0.4, 0.5) is 0 Å². The molecular formula is C18H21NO2. The molecule has 0 spiro atoms. The maximum atomic E-state index is 5.54. The minimum absolute atomic E-state index is 0.325. The van der Waals surface area contributed by atoms with Gasteiger partial charge in [-0.05, 0) is 55.2 Å². The first kappa shape index (κ1) is 12.9. The predicted molar refractivity (Wildman–Crippen MR) is 82.9 cm³/mol. The normalized spacial score (nSPS) is 19.3. The molecule has 1 fully saturated rings. The van der Waals surface area contributed by atoms with Crippen molar-refractivity contribution < 1.29 is 9.47 Å². The molecule has 0 amide bonds. The van der Waals surface area contributed by atoms with Crippen LogP contribution in [0.3, 0.4) is 0 Å². The van der Waals surface area contributed by atoms with E-state index in [0.29, 0.717) is 12.2 Å². The van der Waals surface area contributed by atoms with E-state index in [1.165, 1.54) is 42.1 Å². The van der Waals surface area contributed by atoms with Gasteiger partial charge in [0.15, 0.2) is 11.5 Å². The van der Waals surface area contributed by atoms with Gasteiger partial charge in [-0.25, -0.2) is 0 Å². The van der Waals surface area contributed by atoms with Gasteiger partial charge in [0.1, 0.15) is 0 Å². The van der Waals surface area contributed by atoms with Crippen LogP contribution in [0, 0.1) is 12.3 Å². The molecule has 0 saturated heterocycles. The quantitative estimate of drug-likeness (QED) is 0.819. The van der Waals surface area contributed by atoms with Crippen LogP contribution in [0.25, 0.3) is 10.8 Å². The number of aryl methyl sites for hydroxylation is 1. The number of fused-ring (bicyclic) bond motifs is 2. The highest BCUT2D eigenvalue weighted by atomic mass is 16.7. The first-order chi connectivity index (χ1) is 10.1. The van der Waals surface area contributed by atoms with Gasteiger partial charge in [-0.15, -0.1) is 0 Å². The molecule has 1 aromatic carbocycles. The van der Waals surface area contributed by atoms with Gasteiger partial charge < -0.3 is 9.47 Å². The van der Waals surface area contributed by atoms with Gasteiger partial charge in [-0.1, -0.05) is 19.8 Å². The van der Waals surface area contributed by atoms with Crippen molar-refractivity contribution in [2.45, 2.75) is 46.0 Å². The molecule has 0 atom stereocenters. The van der Waals surface area contributed by atoms with Gasteiger partial charge in [0, 0.05) is 16.8 Å². The first-order valence-corrected chi connectivity index (χ1v) is 7.83. The highest BCUT2D eigenvalue weighted by Gasteiger charge is 2.30. The van der Waals surface area contributed by atoms with E-state index in [1.807, 2.05) is 0 Å². The number of nitrogens with zero attached hydrogens (tertiary/aromatic N) is 1. The van der Waals surface area contributed by atoms with E-state index in [-0.39, 0.29) is 0 Å². The summed E-state index contributed by atoms with van der Waals surface area (Å²) in [6.45, 7) is 4.80. The zero-order valence-corrected chi connectivity index (χ0v) is 12.7. The summed E-state index contributed by atoms with van der Waals surface area (Å²) in [6.07, 6.45) is 6.40. The van der Waals surface area contributed by atoms with Crippen LogP contribution in [0.2, 0.25) is 0 Å². The molecule has 2 aliphatic rings. The molecular weight excluding hydrogens is 262 g/mol. The van der Waals surface area contributed by atoms with Crippen molar-refractivity contribution in [2.75, 3.05) is 6.79 Å². The van der Waals surface area contributed by atoms with Crippen molar-refractivity contribution in [1.82, 2.24) is 4.98 Å². The monoisotopic (exact) mass is 283 g/mol. The van der Waals surface area contributed by atoms with Gasteiger partial charge in [0.05, 0.1) is 0 Å². The third kappa shape index (κ3) is 2.25. The van der Waals surface area contributed by atoms with Crippen LogP contribution in [-0.2, 0) is 6.42 Å². The van der Waals surface area contributed by atoms with Gasteiger partial charge in [-0.3, -0.25) is 4.98 Å². The number of hydrogen-bond donors (Lipinski definition) is 0. The fourth-order valence-electron chi connectivity index (χ4n) is 3.80. The lowest BCUT2D eigenvalue weighted by Crippen LogP contribution is -2.16. The Labute approximate surface area is 125 Å². The van der Waals surface area contributed by atoms with E-state index in [9.17, 15) is 0 Å². The molecule has 1 saturated carbocycles. The summed E-state index contributed by atoms with van der Waals surface area (Å²) in [4.78, 5) is 4.84. The maximum absolute atomic E-state index is 5.54. The first-order valence-electron chi connectivity index (χ1n) is 7.83. The number of hydrogen-bond acceptors (Lipinski definition) is 3. The summed E-state index contributed by atoms with van der Waals surface area (Å²) in [5, 5.41) is 2.43. The van der Waals surface area contributed by atoms with Gasteiger partial charge >= 0.3 is 0 Å². The second-order valence-corrected chi connectivity index (χ2v) is 6.83. The molecule has 3 heteroatoms. The molecule has 2 heterocycles. The van der Waals surface area contributed by atoms with E-state index in [1.54, 1.807) is 0 Å². The SMILES string of the molecule is Cc1cc2cc3c(cc2c(CC2(C)CCCC2)n1)OCO3. The average molecular weight is 283 g/mol. The molecule has 1 aromatic heterocycles. The third-order valence-corrected chi connectivity index (χ3v) is 4.94. The van der Waals surface area contributed by atoms with Crippen LogP contribution in [0.15, 0.2) is 18.2 Å². The standard InChI is InChI=1S/C18H21NO2/c1-12-7-13-8-16-17(21-11-20-16)9-14(13)15(19-12)10-18(2)5-3-4-6-18/h7-9H,3-6,10-11H2,1-2H3. The number of benzene rings is 1. The molecule has 21 heavy (non-hydrogen) atoms. The molecule has 0 bridgehead atoms. The summed E-state index contributed by atoms with van der Waals surface area (Å²) in [5.41, 5.74) is 2.70.